The third-order valence-electron chi connectivity index (χ3n) is 1.49. The lowest BCUT2D eigenvalue weighted by Crippen LogP contribution is -2.04. The fourth-order valence-corrected chi connectivity index (χ4v) is 0.916. The van der Waals surface area contributed by atoms with Crippen molar-refractivity contribution in [2.24, 2.45) is 0 Å². The van der Waals surface area contributed by atoms with Crippen molar-refractivity contribution in [2.45, 2.75) is 18.9 Å². The van der Waals surface area contributed by atoms with Crippen molar-refractivity contribution in [3.8, 4) is 0 Å². The van der Waals surface area contributed by atoms with E-state index in [0.717, 1.165) is 12.8 Å². The molecule has 0 fully saturated rings. The third kappa shape index (κ3) is 2.02. The number of methoxy groups -OCH3 is 1. The zero-order valence-electron chi connectivity index (χ0n) is 5.71. The van der Waals surface area contributed by atoms with Crippen LogP contribution >= 0.6 is 0 Å². The minimum Gasteiger partial charge on any atom is -0.377 e. The molecule has 0 aromatic rings. The van der Waals surface area contributed by atoms with E-state index in [1.807, 2.05) is 6.08 Å². The maximum Gasteiger partial charge on any atom is 0.0758 e. The fraction of sp³-hybridized carbons (Fsp3) is 0.500. The highest BCUT2D eigenvalue weighted by molar-refractivity contribution is 5.08. The summed E-state index contributed by atoms with van der Waals surface area (Å²) < 4.78 is 5.14. The van der Waals surface area contributed by atoms with Gasteiger partial charge in [-0.2, -0.15) is 0 Å². The van der Waals surface area contributed by atoms with Crippen molar-refractivity contribution in [3.05, 3.63) is 24.3 Å². The summed E-state index contributed by atoms with van der Waals surface area (Å²) in [5.41, 5.74) is 0. The molecule has 0 aromatic heterocycles. The molecule has 0 radical (unpaired) electrons. The number of hydrogen-bond acceptors (Lipinski definition) is 1. The molecule has 0 spiro atoms. The molecule has 0 N–H and O–H groups in total. The van der Waals surface area contributed by atoms with Crippen LogP contribution in [0, 0.1) is 0 Å². The van der Waals surface area contributed by atoms with E-state index in [9.17, 15) is 0 Å². The molecule has 0 aromatic carbocycles. The van der Waals surface area contributed by atoms with Crippen LogP contribution in [0.15, 0.2) is 24.3 Å². The number of hydrogen-bond donors (Lipinski definition) is 0. The highest BCUT2D eigenvalue weighted by atomic mass is 16.5. The lowest BCUT2D eigenvalue weighted by Gasteiger charge is -2.05. The highest BCUT2D eigenvalue weighted by Crippen LogP contribution is 2.07. The summed E-state index contributed by atoms with van der Waals surface area (Å²) in [6.07, 6.45) is 10.9. The molecule has 1 aliphatic rings. The smallest absolute Gasteiger partial charge is 0.0758 e. The Bertz CT molecular complexity index is 125. The summed E-state index contributed by atoms with van der Waals surface area (Å²) in [6, 6.07) is 0. The molecule has 1 heteroatoms. The summed E-state index contributed by atoms with van der Waals surface area (Å²) in [7, 11) is 1.75. The van der Waals surface area contributed by atoms with Gasteiger partial charge in [0.25, 0.3) is 0 Å². The highest BCUT2D eigenvalue weighted by Gasteiger charge is 2.00. The van der Waals surface area contributed by atoms with Gasteiger partial charge in [-0.3, -0.25) is 0 Å². The number of rotatable bonds is 1. The van der Waals surface area contributed by atoms with Gasteiger partial charge >= 0.3 is 0 Å². The molecular weight excluding hydrogens is 112 g/mol. The Balaban J connectivity index is 2.41. The van der Waals surface area contributed by atoms with Crippen molar-refractivity contribution in [1.82, 2.24) is 0 Å². The average molecular weight is 124 g/mol. The predicted molar refractivity (Wildman–Crippen MR) is 38.3 cm³/mol. The van der Waals surface area contributed by atoms with Gasteiger partial charge in [-0.25, -0.2) is 0 Å². The van der Waals surface area contributed by atoms with E-state index in [-0.39, 0.29) is 0 Å². The van der Waals surface area contributed by atoms with E-state index in [0.29, 0.717) is 6.10 Å². The van der Waals surface area contributed by atoms with Crippen LogP contribution < -0.4 is 0 Å². The molecule has 1 unspecified atom stereocenters. The Morgan fingerprint density at radius 2 is 2.33 bits per heavy atom. The monoisotopic (exact) mass is 124 g/mol. The van der Waals surface area contributed by atoms with Gasteiger partial charge in [0, 0.05) is 7.11 Å². The molecule has 0 amide bonds. The molecular formula is C8H12O. The molecule has 0 saturated heterocycles. The molecule has 1 rings (SSSR count). The maximum atomic E-state index is 5.14. The Hall–Kier alpha value is -0.560. The van der Waals surface area contributed by atoms with Crippen LogP contribution in [0.3, 0.4) is 0 Å². The first-order chi connectivity index (χ1) is 4.43. The SMILES string of the molecule is COC1C=CC=CCC1. The lowest BCUT2D eigenvalue weighted by atomic mass is 10.2. The first-order valence-electron chi connectivity index (χ1n) is 3.29. The third-order valence-corrected chi connectivity index (χ3v) is 1.49. The predicted octanol–water partition coefficient (Wildman–Crippen LogP) is 1.91. The summed E-state index contributed by atoms with van der Waals surface area (Å²) >= 11 is 0. The fourth-order valence-electron chi connectivity index (χ4n) is 0.916. The molecule has 0 bridgehead atoms. The zero-order chi connectivity index (χ0) is 6.53. The Morgan fingerprint density at radius 1 is 1.44 bits per heavy atom. The molecule has 0 heterocycles. The van der Waals surface area contributed by atoms with E-state index in [1.165, 1.54) is 0 Å². The van der Waals surface area contributed by atoms with Gasteiger partial charge in [0.05, 0.1) is 6.10 Å². The molecule has 50 valence electrons. The van der Waals surface area contributed by atoms with Crippen LogP contribution in [0.5, 0.6) is 0 Å². The van der Waals surface area contributed by atoms with Gasteiger partial charge in [-0.1, -0.05) is 24.3 Å². The minimum atomic E-state index is 0.333. The van der Waals surface area contributed by atoms with E-state index < -0.39 is 0 Å². The van der Waals surface area contributed by atoms with E-state index in [2.05, 4.69) is 18.2 Å². The zero-order valence-corrected chi connectivity index (χ0v) is 5.71. The van der Waals surface area contributed by atoms with Crippen molar-refractivity contribution in [3.63, 3.8) is 0 Å². The second-order valence-corrected chi connectivity index (χ2v) is 2.16. The summed E-state index contributed by atoms with van der Waals surface area (Å²) in [6.45, 7) is 0. The van der Waals surface area contributed by atoms with Crippen molar-refractivity contribution >= 4 is 0 Å². The molecule has 1 aliphatic carbocycles. The molecule has 0 saturated carbocycles. The molecule has 9 heavy (non-hydrogen) atoms. The molecule has 1 atom stereocenters. The number of ether oxygens (including phenoxy) is 1. The lowest BCUT2D eigenvalue weighted by molar-refractivity contribution is 0.135. The van der Waals surface area contributed by atoms with Crippen molar-refractivity contribution in [2.75, 3.05) is 7.11 Å². The second kappa shape index (κ2) is 3.46. The summed E-state index contributed by atoms with van der Waals surface area (Å²) in [4.78, 5) is 0. The van der Waals surface area contributed by atoms with E-state index in [1.54, 1.807) is 7.11 Å². The maximum absolute atomic E-state index is 5.14. The molecule has 1 nitrogen and oxygen atoms in total. The van der Waals surface area contributed by atoms with Crippen LogP contribution in [0.1, 0.15) is 12.8 Å². The van der Waals surface area contributed by atoms with Crippen molar-refractivity contribution < 1.29 is 4.74 Å². The second-order valence-electron chi connectivity index (χ2n) is 2.16. The standard InChI is InChI=1S/C8H12O/c1-9-8-6-4-2-3-5-7-8/h2-4,6,8H,5,7H2,1H3. The van der Waals surface area contributed by atoms with Crippen molar-refractivity contribution in [1.29, 1.82) is 0 Å². The van der Waals surface area contributed by atoms with Crippen LogP contribution in [0.25, 0.3) is 0 Å². The van der Waals surface area contributed by atoms with Crippen LogP contribution in [-0.4, -0.2) is 13.2 Å². The first kappa shape index (κ1) is 6.56. The average Bonchev–Trinajstić information content (AvgIpc) is 2.13. The minimum absolute atomic E-state index is 0.333. The summed E-state index contributed by atoms with van der Waals surface area (Å²) in [5.74, 6) is 0. The Morgan fingerprint density at radius 3 is 3.11 bits per heavy atom. The van der Waals surface area contributed by atoms with Gasteiger partial charge in [-0.15, -0.1) is 0 Å². The van der Waals surface area contributed by atoms with Crippen LogP contribution in [0.2, 0.25) is 0 Å². The quantitative estimate of drug-likeness (QED) is 0.518. The van der Waals surface area contributed by atoms with Crippen LogP contribution in [0.4, 0.5) is 0 Å². The Labute approximate surface area is 56.0 Å². The normalized spacial score (nSPS) is 26.1. The van der Waals surface area contributed by atoms with Gasteiger partial charge < -0.3 is 4.74 Å². The van der Waals surface area contributed by atoms with Gasteiger partial charge in [0.2, 0.25) is 0 Å². The number of allylic oxidation sites excluding steroid dienone is 3. The van der Waals surface area contributed by atoms with Gasteiger partial charge in [0.15, 0.2) is 0 Å². The summed E-state index contributed by atoms with van der Waals surface area (Å²) in [5, 5.41) is 0. The van der Waals surface area contributed by atoms with E-state index in [4.69, 9.17) is 4.74 Å². The van der Waals surface area contributed by atoms with E-state index >= 15 is 0 Å². The van der Waals surface area contributed by atoms with Gasteiger partial charge in [-0.05, 0) is 12.8 Å². The Kier molecular flexibility index (Phi) is 2.52. The topological polar surface area (TPSA) is 9.23 Å². The molecule has 0 aliphatic heterocycles. The van der Waals surface area contributed by atoms with Crippen LogP contribution in [-0.2, 0) is 4.74 Å². The largest absolute Gasteiger partial charge is 0.377 e. The van der Waals surface area contributed by atoms with Gasteiger partial charge in [0.1, 0.15) is 0 Å². The first-order valence-corrected chi connectivity index (χ1v) is 3.29.